The van der Waals surface area contributed by atoms with Gasteiger partial charge in [0.2, 0.25) is 0 Å². The zero-order valence-electron chi connectivity index (χ0n) is 13.8. The van der Waals surface area contributed by atoms with E-state index in [1.54, 1.807) is 5.01 Å². The maximum atomic E-state index is 11.8. The third kappa shape index (κ3) is 2.66. The van der Waals surface area contributed by atoms with Gasteiger partial charge >= 0.3 is 0 Å². The Bertz CT molecular complexity index is 662. The molecule has 0 bridgehead atoms. The van der Waals surface area contributed by atoms with Gasteiger partial charge in [0.05, 0.1) is 23.1 Å². The van der Waals surface area contributed by atoms with Gasteiger partial charge in [0.1, 0.15) is 0 Å². The molecule has 1 aliphatic rings. The Morgan fingerprint density at radius 3 is 1.58 bits per heavy atom. The average Bonchev–Trinajstić information content (AvgIpc) is 2.63. The number of oxime groups is 1. The first-order valence-electron chi connectivity index (χ1n) is 8.12. The molecule has 4 atom stereocenters. The minimum atomic E-state index is -0.268. The fourth-order valence-electron chi connectivity index (χ4n) is 3.84. The molecule has 1 N–H and O–H groups in total. The van der Waals surface area contributed by atoms with Crippen LogP contribution in [0.25, 0.3) is 0 Å². The van der Waals surface area contributed by atoms with Crippen LogP contribution in [-0.2, 0) is 0 Å². The van der Waals surface area contributed by atoms with Crippen molar-refractivity contribution in [2.75, 3.05) is 0 Å². The van der Waals surface area contributed by atoms with E-state index < -0.39 is 0 Å². The van der Waals surface area contributed by atoms with E-state index >= 15 is 0 Å². The molecular formula is C19H21N3O2. The standard InChI is InChI=1S/C19H21N3O2/c1-13-17(20-23)14(2)19(16-11-7-4-8-12-16)22(21-24)18(13)15-9-5-3-6-10-15/h3-14,18-19,23H,1-2H3/t13-,14+,18+,19-. The molecule has 0 aliphatic carbocycles. The van der Waals surface area contributed by atoms with Gasteiger partial charge in [-0.2, -0.15) is 0 Å². The third-order valence-corrected chi connectivity index (χ3v) is 4.94. The molecule has 24 heavy (non-hydrogen) atoms. The Hall–Kier alpha value is -2.69. The van der Waals surface area contributed by atoms with Gasteiger partial charge in [-0.1, -0.05) is 79.7 Å². The second-order valence-corrected chi connectivity index (χ2v) is 6.27. The molecule has 0 unspecified atom stereocenters. The van der Waals surface area contributed by atoms with E-state index in [0.29, 0.717) is 5.71 Å². The fourth-order valence-corrected chi connectivity index (χ4v) is 3.84. The van der Waals surface area contributed by atoms with Crippen molar-refractivity contribution in [3.05, 3.63) is 76.7 Å². The first kappa shape index (κ1) is 16.2. The molecule has 3 rings (SSSR count). The number of nitroso groups, excluding NO2 is 1. The van der Waals surface area contributed by atoms with Crippen LogP contribution >= 0.6 is 0 Å². The van der Waals surface area contributed by atoms with E-state index in [2.05, 4.69) is 10.4 Å². The van der Waals surface area contributed by atoms with E-state index in [-0.39, 0.29) is 23.9 Å². The first-order chi connectivity index (χ1) is 11.7. The molecule has 0 spiro atoms. The van der Waals surface area contributed by atoms with Crippen molar-refractivity contribution in [3.63, 3.8) is 0 Å². The van der Waals surface area contributed by atoms with E-state index in [4.69, 9.17) is 0 Å². The summed E-state index contributed by atoms with van der Waals surface area (Å²) in [5, 5.41) is 18.2. The SMILES string of the molecule is C[C@@H]1C(=NO)[C@H](C)[C@H](c2ccccc2)N(N=O)[C@@H]1c1ccccc1. The molecule has 124 valence electrons. The second kappa shape index (κ2) is 6.83. The minimum absolute atomic E-state index is 0.120. The Morgan fingerprint density at radius 2 is 1.25 bits per heavy atom. The molecule has 0 radical (unpaired) electrons. The summed E-state index contributed by atoms with van der Waals surface area (Å²) in [6.45, 7) is 3.95. The topological polar surface area (TPSA) is 65.3 Å². The summed E-state index contributed by atoms with van der Waals surface area (Å²) in [5.74, 6) is -0.241. The molecule has 0 amide bonds. The molecule has 1 aliphatic heterocycles. The third-order valence-electron chi connectivity index (χ3n) is 4.94. The summed E-state index contributed by atoms with van der Waals surface area (Å²) in [6.07, 6.45) is 0. The Balaban J connectivity index is 2.13. The number of hydrogen-bond acceptors (Lipinski definition) is 4. The van der Waals surface area contributed by atoms with Crippen LogP contribution in [0.4, 0.5) is 0 Å². The molecule has 5 heteroatoms. The summed E-state index contributed by atoms with van der Waals surface area (Å²) >= 11 is 0. The highest BCUT2D eigenvalue weighted by Crippen LogP contribution is 2.46. The van der Waals surface area contributed by atoms with Crippen LogP contribution in [-0.4, -0.2) is 15.9 Å². The van der Waals surface area contributed by atoms with Gasteiger partial charge in [-0.05, 0) is 11.1 Å². The van der Waals surface area contributed by atoms with E-state index in [9.17, 15) is 10.1 Å². The molecule has 1 saturated heterocycles. The van der Waals surface area contributed by atoms with Crippen molar-refractivity contribution in [3.8, 4) is 0 Å². The lowest BCUT2D eigenvalue weighted by Crippen LogP contribution is -2.46. The van der Waals surface area contributed by atoms with Crippen LogP contribution in [0.1, 0.15) is 37.1 Å². The predicted molar refractivity (Wildman–Crippen MR) is 93.5 cm³/mol. The molecule has 2 aromatic carbocycles. The van der Waals surface area contributed by atoms with Crippen LogP contribution in [0.2, 0.25) is 0 Å². The van der Waals surface area contributed by atoms with Gasteiger partial charge < -0.3 is 5.21 Å². The fraction of sp³-hybridized carbons (Fsp3) is 0.316. The number of hydrogen-bond donors (Lipinski definition) is 1. The smallest absolute Gasteiger partial charge is 0.0838 e. The van der Waals surface area contributed by atoms with Gasteiger partial charge in [0.15, 0.2) is 0 Å². The Labute approximate surface area is 141 Å². The molecule has 5 nitrogen and oxygen atoms in total. The van der Waals surface area contributed by atoms with Crippen molar-refractivity contribution in [2.45, 2.75) is 25.9 Å². The maximum absolute atomic E-state index is 11.8. The molecule has 2 aromatic rings. The summed E-state index contributed by atoms with van der Waals surface area (Å²) < 4.78 is 0. The zero-order valence-corrected chi connectivity index (χ0v) is 13.8. The number of piperidine rings is 1. The highest BCUT2D eigenvalue weighted by Gasteiger charge is 2.45. The van der Waals surface area contributed by atoms with Crippen molar-refractivity contribution in [2.24, 2.45) is 22.3 Å². The monoisotopic (exact) mass is 323 g/mol. The van der Waals surface area contributed by atoms with Gasteiger partial charge in [-0.15, -0.1) is 4.91 Å². The molecule has 0 saturated carbocycles. The number of nitrogens with zero attached hydrogens (tertiary/aromatic N) is 3. The lowest BCUT2D eigenvalue weighted by molar-refractivity contribution is 0.0692. The van der Waals surface area contributed by atoms with Crippen molar-refractivity contribution in [1.29, 1.82) is 0 Å². The van der Waals surface area contributed by atoms with Crippen LogP contribution in [0, 0.1) is 16.7 Å². The summed E-state index contributed by atoms with van der Waals surface area (Å²) in [6, 6.07) is 19.0. The van der Waals surface area contributed by atoms with Crippen LogP contribution in [0.5, 0.6) is 0 Å². The summed E-state index contributed by atoms with van der Waals surface area (Å²) in [7, 11) is 0. The van der Waals surface area contributed by atoms with Gasteiger partial charge in [-0.3, -0.25) is 0 Å². The van der Waals surface area contributed by atoms with Gasteiger partial charge in [0, 0.05) is 11.8 Å². The van der Waals surface area contributed by atoms with Crippen LogP contribution in [0.15, 0.2) is 71.1 Å². The van der Waals surface area contributed by atoms with Crippen molar-refractivity contribution < 1.29 is 5.21 Å². The molecule has 1 fully saturated rings. The number of benzene rings is 2. The van der Waals surface area contributed by atoms with Gasteiger partial charge in [-0.25, -0.2) is 5.01 Å². The number of rotatable bonds is 3. The quantitative estimate of drug-likeness (QED) is 0.511. The zero-order chi connectivity index (χ0) is 17.1. The van der Waals surface area contributed by atoms with E-state index in [1.807, 2.05) is 74.5 Å². The summed E-state index contributed by atoms with van der Waals surface area (Å²) in [5.41, 5.74) is 2.66. The summed E-state index contributed by atoms with van der Waals surface area (Å²) in [4.78, 5) is 11.8. The first-order valence-corrected chi connectivity index (χ1v) is 8.12. The molecule has 0 aromatic heterocycles. The van der Waals surface area contributed by atoms with Gasteiger partial charge in [0.25, 0.3) is 0 Å². The molecule has 1 heterocycles. The predicted octanol–water partition coefficient (Wildman–Crippen LogP) is 4.57. The largest absolute Gasteiger partial charge is 0.411 e. The normalized spacial score (nSPS) is 28.8. The van der Waals surface area contributed by atoms with E-state index in [1.165, 1.54) is 0 Å². The Kier molecular flexibility index (Phi) is 4.60. The van der Waals surface area contributed by atoms with E-state index in [0.717, 1.165) is 11.1 Å². The van der Waals surface area contributed by atoms with Crippen molar-refractivity contribution >= 4 is 5.71 Å². The van der Waals surface area contributed by atoms with Crippen LogP contribution in [0.3, 0.4) is 0 Å². The average molecular weight is 323 g/mol. The molecular weight excluding hydrogens is 302 g/mol. The lowest BCUT2D eigenvalue weighted by Gasteiger charge is -2.45. The highest BCUT2D eigenvalue weighted by atomic mass is 16.4. The second-order valence-electron chi connectivity index (χ2n) is 6.27. The minimum Gasteiger partial charge on any atom is -0.411 e. The highest BCUT2D eigenvalue weighted by molar-refractivity contribution is 5.90. The maximum Gasteiger partial charge on any atom is 0.0838 e. The van der Waals surface area contributed by atoms with Crippen molar-refractivity contribution in [1.82, 2.24) is 5.01 Å². The lowest BCUT2D eigenvalue weighted by atomic mass is 9.75. The van der Waals surface area contributed by atoms with Crippen LogP contribution < -0.4 is 0 Å². The Morgan fingerprint density at radius 1 is 0.833 bits per heavy atom.